The molecule has 0 unspecified atom stereocenters. The smallest absolute Gasteiger partial charge is 0.308 e. The third kappa shape index (κ3) is 3.24. The fourth-order valence-corrected chi connectivity index (χ4v) is 1.65. The van der Waals surface area contributed by atoms with Gasteiger partial charge in [0.15, 0.2) is 0 Å². The lowest BCUT2D eigenvalue weighted by molar-refractivity contribution is 0.262. The molecule has 0 aromatic heterocycles. The van der Waals surface area contributed by atoms with Crippen molar-refractivity contribution in [1.29, 1.82) is 0 Å². The third-order valence-electron chi connectivity index (χ3n) is 2.23. The van der Waals surface area contributed by atoms with Crippen LogP contribution in [0.1, 0.15) is 0 Å². The van der Waals surface area contributed by atoms with E-state index in [1.807, 2.05) is 6.07 Å². The zero-order valence-corrected chi connectivity index (χ0v) is 10.2. The average Bonchev–Trinajstić information content (AvgIpc) is 2.32. The van der Waals surface area contributed by atoms with Crippen molar-refractivity contribution in [2.75, 3.05) is 10.6 Å². The van der Waals surface area contributed by atoms with Crippen LogP contribution in [0, 0.1) is 5.82 Å². The molecule has 0 saturated heterocycles. The first kappa shape index (κ1) is 12.4. The van der Waals surface area contributed by atoms with Gasteiger partial charge in [-0.15, -0.1) is 12.6 Å². The van der Waals surface area contributed by atoms with Crippen LogP contribution in [0.3, 0.4) is 0 Å². The van der Waals surface area contributed by atoms with E-state index in [2.05, 4.69) is 23.3 Å². The van der Waals surface area contributed by atoms with Gasteiger partial charge in [-0.3, -0.25) is 0 Å². The lowest BCUT2D eigenvalue weighted by Crippen LogP contribution is -2.19. The van der Waals surface area contributed by atoms with E-state index in [1.54, 1.807) is 24.3 Å². The van der Waals surface area contributed by atoms with Gasteiger partial charge in [0, 0.05) is 10.6 Å². The summed E-state index contributed by atoms with van der Waals surface area (Å²) in [5, 5.41) is 5.16. The lowest BCUT2D eigenvalue weighted by atomic mass is 10.3. The molecule has 0 fully saturated rings. The molecular weight excluding hydrogens is 251 g/mol. The molecule has 92 valence electrons. The van der Waals surface area contributed by atoms with Crippen molar-refractivity contribution >= 4 is 30.0 Å². The number of thiol groups is 1. The topological polar surface area (TPSA) is 41.1 Å². The van der Waals surface area contributed by atoms with Crippen molar-refractivity contribution in [3.63, 3.8) is 0 Å². The van der Waals surface area contributed by atoms with Gasteiger partial charge >= 0.3 is 6.03 Å². The summed E-state index contributed by atoms with van der Waals surface area (Å²) in [5.41, 5.74) is 0.985. The summed E-state index contributed by atoms with van der Waals surface area (Å²) < 4.78 is 12.9. The number of rotatable bonds is 2. The molecular formula is C13H11FN2OS. The number of hydrogen-bond acceptors (Lipinski definition) is 2. The molecule has 0 bridgehead atoms. The second-order valence-electron chi connectivity index (χ2n) is 3.61. The Morgan fingerprint density at radius 1 is 1.06 bits per heavy atom. The minimum absolute atomic E-state index is 0.393. The number of para-hydroxylation sites is 1. The molecule has 3 nitrogen and oxygen atoms in total. The monoisotopic (exact) mass is 262 g/mol. The quantitative estimate of drug-likeness (QED) is 0.709. The van der Waals surface area contributed by atoms with Gasteiger partial charge < -0.3 is 10.6 Å². The van der Waals surface area contributed by atoms with Gasteiger partial charge in [0.25, 0.3) is 0 Å². The first-order chi connectivity index (χ1) is 8.65. The van der Waals surface area contributed by atoms with Gasteiger partial charge in [-0.2, -0.15) is 0 Å². The Hall–Kier alpha value is -2.01. The average molecular weight is 262 g/mol. The number of amides is 2. The van der Waals surface area contributed by atoms with E-state index in [4.69, 9.17) is 0 Å². The molecule has 2 aromatic carbocycles. The highest BCUT2D eigenvalue weighted by Crippen LogP contribution is 2.19. The summed E-state index contributed by atoms with van der Waals surface area (Å²) >= 11 is 4.21. The van der Waals surface area contributed by atoms with E-state index < -0.39 is 11.8 Å². The van der Waals surface area contributed by atoms with Crippen molar-refractivity contribution in [2.45, 2.75) is 4.90 Å². The van der Waals surface area contributed by atoms with Gasteiger partial charge in [-0.05, 0) is 30.3 Å². The molecule has 0 aliphatic heterocycles. The van der Waals surface area contributed by atoms with Crippen LogP contribution >= 0.6 is 12.6 Å². The van der Waals surface area contributed by atoms with E-state index in [-0.39, 0.29) is 0 Å². The number of hydrogen-bond donors (Lipinski definition) is 3. The molecule has 0 radical (unpaired) electrons. The van der Waals surface area contributed by atoms with Gasteiger partial charge in [0.1, 0.15) is 5.82 Å². The lowest BCUT2D eigenvalue weighted by Gasteiger charge is -2.09. The minimum atomic E-state index is -0.442. The first-order valence-corrected chi connectivity index (χ1v) is 5.71. The Balaban J connectivity index is 2.03. The number of carbonyl (C=O) groups is 1. The van der Waals surface area contributed by atoms with Crippen LogP contribution in [0.2, 0.25) is 0 Å². The maximum Gasteiger partial charge on any atom is 0.323 e. The Morgan fingerprint density at radius 2 is 1.83 bits per heavy atom. The summed E-state index contributed by atoms with van der Waals surface area (Å²) in [4.78, 5) is 12.3. The van der Waals surface area contributed by atoms with Crippen LogP contribution in [-0.4, -0.2) is 6.03 Å². The number of carbonyl (C=O) groups excluding carboxylic acids is 1. The van der Waals surface area contributed by atoms with Crippen molar-refractivity contribution in [1.82, 2.24) is 0 Å². The van der Waals surface area contributed by atoms with Crippen LogP contribution in [-0.2, 0) is 0 Å². The second-order valence-corrected chi connectivity index (χ2v) is 4.09. The predicted molar refractivity (Wildman–Crippen MR) is 72.7 cm³/mol. The number of benzene rings is 2. The summed E-state index contributed by atoms with van der Waals surface area (Å²) in [6.07, 6.45) is 0. The van der Waals surface area contributed by atoms with Gasteiger partial charge in [0.05, 0.1) is 5.69 Å². The van der Waals surface area contributed by atoms with Gasteiger partial charge in [-0.25, -0.2) is 9.18 Å². The van der Waals surface area contributed by atoms with Crippen molar-refractivity contribution in [3.05, 3.63) is 54.3 Å². The van der Waals surface area contributed by atoms with E-state index in [0.29, 0.717) is 16.3 Å². The minimum Gasteiger partial charge on any atom is -0.308 e. The van der Waals surface area contributed by atoms with Crippen LogP contribution in [0.15, 0.2) is 53.4 Å². The van der Waals surface area contributed by atoms with E-state index >= 15 is 0 Å². The van der Waals surface area contributed by atoms with Crippen LogP contribution < -0.4 is 10.6 Å². The van der Waals surface area contributed by atoms with Crippen molar-refractivity contribution in [2.24, 2.45) is 0 Å². The molecule has 2 rings (SSSR count). The zero-order chi connectivity index (χ0) is 13.0. The van der Waals surface area contributed by atoms with E-state index in [1.165, 1.54) is 18.2 Å². The fraction of sp³-hybridized carbons (Fsp3) is 0. The van der Waals surface area contributed by atoms with Gasteiger partial charge in [0.2, 0.25) is 0 Å². The van der Waals surface area contributed by atoms with Crippen LogP contribution in [0.4, 0.5) is 20.6 Å². The number of nitrogens with one attached hydrogen (secondary N) is 2. The van der Waals surface area contributed by atoms with Gasteiger partial charge in [-0.1, -0.05) is 18.2 Å². The largest absolute Gasteiger partial charge is 0.323 e. The second kappa shape index (κ2) is 5.55. The summed E-state index contributed by atoms with van der Waals surface area (Å²) in [6, 6.07) is 12.3. The number of urea groups is 1. The van der Waals surface area contributed by atoms with E-state index in [0.717, 1.165) is 0 Å². The maximum absolute atomic E-state index is 12.9. The molecule has 2 amide bonds. The van der Waals surface area contributed by atoms with Crippen LogP contribution in [0.5, 0.6) is 0 Å². The first-order valence-electron chi connectivity index (χ1n) is 5.27. The molecule has 0 atom stereocenters. The fourth-order valence-electron chi connectivity index (χ4n) is 1.43. The highest BCUT2D eigenvalue weighted by Gasteiger charge is 2.04. The highest BCUT2D eigenvalue weighted by molar-refractivity contribution is 7.80. The number of halogens is 1. The molecule has 2 aromatic rings. The van der Waals surface area contributed by atoms with Crippen molar-refractivity contribution < 1.29 is 9.18 Å². The Kier molecular flexibility index (Phi) is 3.84. The Bertz CT molecular complexity index is 574. The Morgan fingerprint density at radius 3 is 2.56 bits per heavy atom. The van der Waals surface area contributed by atoms with Crippen molar-refractivity contribution in [3.8, 4) is 0 Å². The maximum atomic E-state index is 12.9. The molecule has 0 aliphatic rings. The molecule has 18 heavy (non-hydrogen) atoms. The van der Waals surface area contributed by atoms with Crippen LogP contribution in [0.25, 0.3) is 0 Å². The molecule has 2 N–H and O–H groups in total. The summed E-state index contributed by atoms with van der Waals surface area (Å²) in [5.74, 6) is -0.401. The normalized spacial score (nSPS) is 9.89. The zero-order valence-electron chi connectivity index (χ0n) is 9.35. The summed E-state index contributed by atoms with van der Waals surface area (Å²) in [6.45, 7) is 0. The third-order valence-corrected chi connectivity index (χ3v) is 2.62. The predicted octanol–water partition coefficient (Wildman–Crippen LogP) is 3.76. The Labute approximate surface area is 109 Å². The SMILES string of the molecule is O=C(Nc1cccc(F)c1)Nc1ccccc1S. The molecule has 0 aliphatic carbocycles. The summed E-state index contributed by atoms with van der Waals surface area (Å²) in [7, 11) is 0. The molecule has 0 saturated carbocycles. The molecule has 0 heterocycles. The van der Waals surface area contributed by atoms with E-state index in [9.17, 15) is 9.18 Å². The molecule has 5 heteroatoms. The highest BCUT2D eigenvalue weighted by atomic mass is 32.1. The number of anilines is 2. The molecule has 0 spiro atoms. The standard InChI is InChI=1S/C13H11FN2OS/c14-9-4-3-5-10(8-9)15-13(17)16-11-6-1-2-7-12(11)18/h1-8,18H,(H2,15,16,17).